The fourth-order valence-electron chi connectivity index (χ4n) is 3.17. The Morgan fingerprint density at radius 3 is 2.48 bits per heavy atom. The molecule has 3 atom stereocenters. The van der Waals surface area contributed by atoms with Crippen LogP contribution in [-0.4, -0.2) is 36.5 Å². The molecule has 1 saturated carbocycles. The zero-order valence-electron chi connectivity index (χ0n) is 13.0. The molecule has 0 radical (unpaired) electrons. The van der Waals surface area contributed by atoms with Gasteiger partial charge >= 0.3 is 0 Å². The summed E-state index contributed by atoms with van der Waals surface area (Å²) in [5.74, 6) is 0.295. The predicted molar refractivity (Wildman–Crippen MR) is 85.4 cm³/mol. The zero-order chi connectivity index (χ0) is 14.5. The Kier molecular flexibility index (Phi) is 7.46. The molecule has 3 N–H and O–H groups in total. The van der Waals surface area contributed by atoms with Gasteiger partial charge in [-0.25, -0.2) is 0 Å². The van der Waals surface area contributed by atoms with Crippen LogP contribution < -0.4 is 16.0 Å². The van der Waals surface area contributed by atoms with Gasteiger partial charge < -0.3 is 16.0 Å². The molecule has 2 fully saturated rings. The summed E-state index contributed by atoms with van der Waals surface area (Å²) < 4.78 is 0. The highest BCUT2D eigenvalue weighted by Gasteiger charge is 2.30. The highest BCUT2D eigenvalue weighted by atomic mass is 35.5. The molecule has 3 unspecified atom stereocenters. The van der Waals surface area contributed by atoms with Crippen LogP contribution in [-0.2, 0) is 9.59 Å². The molecule has 0 bridgehead atoms. The Hall–Kier alpha value is -0.810. The average molecular weight is 318 g/mol. The van der Waals surface area contributed by atoms with E-state index in [9.17, 15) is 9.59 Å². The average Bonchev–Trinajstić information content (AvgIpc) is 2.92. The first-order valence-corrected chi connectivity index (χ1v) is 7.90. The molecule has 1 aliphatic heterocycles. The molecule has 0 spiro atoms. The third kappa shape index (κ3) is 5.47. The molecule has 0 aromatic rings. The van der Waals surface area contributed by atoms with Crippen molar-refractivity contribution in [3.05, 3.63) is 0 Å². The van der Waals surface area contributed by atoms with Crippen LogP contribution in [0, 0.1) is 5.92 Å². The minimum Gasteiger partial charge on any atom is -0.354 e. The van der Waals surface area contributed by atoms with Crippen LogP contribution in [0.1, 0.15) is 52.4 Å². The summed E-state index contributed by atoms with van der Waals surface area (Å²) in [4.78, 5) is 24.2. The summed E-state index contributed by atoms with van der Waals surface area (Å²) >= 11 is 0. The maximum Gasteiger partial charge on any atom is 0.237 e. The lowest BCUT2D eigenvalue weighted by molar-refractivity contribution is -0.128. The van der Waals surface area contributed by atoms with E-state index in [1.54, 1.807) is 0 Å². The summed E-state index contributed by atoms with van der Waals surface area (Å²) in [7, 11) is 0. The summed E-state index contributed by atoms with van der Waals surface area (Å²) in [6.07, 6.45) is 5.71. The molecule has 1 heterocycles. The molecular formula is C15H28ClN3O2. The summed E-state index contributed by atoms with van der Waals surface area (Å²) in [5.41, 5.74) is 0. The van der Waals surface area contributed by atoms with Crippen molar-refractivity contribution in [3.63, 3.8) is 0 Å². The number of amides is 2. The summed E-state index contributed by atoms with van der Waals surface area (Å²) in [6, 6.07) is 0.307. The van der Waals surface area contributed by atoms with E-state index in [0.29, 0.717) is 0 Å². The van der Waals surface area contributed by atoms with Crippen molar-refractivity contribution in [2.24, 2.45) is 5.92 Å². The molecule has 2 rings (SSSR count). The van der Waals surface area contributed by atoms with Crippen molar-refractivity contribution in [2.75, 3.05) is 6.54 Å². The molecule has 1 saturated heterocycles. The minimum absolute atomic E-state index is 0. The third-order valence-electron chi connectivity index (χ3n) is 4.20. The van der Waals surface area contributed by atoms with Crippen LogP contribution in [0.2, 0.25) is 0 Å². The SMILES string of the molecule is CC(C)NC(=O)C1CCCC(NC(=O)C2CCCN2)C1.Cl. The second-order valence-electron chi connectivity index (χ2n) is 6.38. The van der Waals surface area contributed by atoms with E-state index >= 15 is 0 Å². The van der Waals surface area contributed by atoms with Gasteiger partial charge in [0, 0.05) is 18.0 Å². The van der Waals surface area contributed by atoms with Gasteiger partial charge in [0.25, 0.3) is 0 Å². The van der Waals surface area contributed by atoms with Crippen LogP contribution in [0.5, 0.6) is 0 Å². The molecule has 2 amide bonds. The van der Waals surface area contributed by atoms with Crippen LogP contribution in [0.25, 0.3) is 0 Å². The first-order valence-electron chi connectivity index (χ1n) is 7.90. The van der Waals surface area contributed by atoms with E-state index in [2.05, 4.69) is 16.0 Å². The maximum atomic E-state index is 12.1. The van der Waals surface area contributed by atoms with E-state index in [1.165, 1.54) is 0 Å². The van der Waals surface area contributed by atoms with Crippen LogP contribution in [0.15, 0.2) is 0 Å². The van der Waals surface area contributed by atoms with Gasteiger partial charge in [0.15, 0.2) is 0 Å². The van der Waals surface area contributed by atoms with E-state index < -0.39 is 0 Å². The third-order valence-corrected chi connectivity index (χ3v) is 4.20. The zero-order valence-corrected chi connectivity index (χ0v) is 13.8. The van der Waals surface area contributed by atoms with Gasteiger partial charge in [-0.3, -0.25) is 9.59 Å². The Morgan fingerprint density at radius 1 is 1.10 bits per heavy atom. The predicted octanol–water partition coefficient (Wildman–Crippen LogP) is 1.36. The molecular weight excluding hydrogens is 290 g/mol. The van der Waals surface area contributed by atoms with E-state index in [0.717, 1.165) is 45.1 Å². The van der Waals surface area contributed by atoms with Crippen molar-refractivity contribution in [1.29, 1.82) is 0 Å². The highest BCUT2D eigenvalue weighted by molar-refractivity contribution is 5.85. The number of hydrogen-bond donors (Lipinski definition) is 3. The van der Waals surface area contributed by atoms with Gasteiger partial charge in [0.05, 0.1) is 6.04 Å². The van der Waals surface area contributed by atoms with Gasteiger partial charge in [-0.2, -0.15) is 0 Å². The Bertz CT molecular complexity index is 357. The number of rotatable bonds is 4. The van der Waals surface area contributed by atoms with Crippen LogP contribution in [0.3, 0.4) is 0 Å². The number of carbonyl (C=O) groups excluding carboxylic acids is 2. The molecule has 21 heavy (non-hydrogen) atoms. The molecule has 5 nitrogen and oxygen atoms in total. The van der Waals surface area contributed by atoms with Crippen molar-refractivity contribution in [2.45, 2.75) is 70.5 Å². The lowest BCUT2D eigenvalue weighted by Gasteiger charge is -2.30. The van der Waals surface area contributed by atoms with Crippen molar-refractivity contribution in [3.8, 4) is 0 Å². The second-order valence-corrected chi connectivity index (χ2v) is 6.38. The summed E-state index contributed by atoms with van der Waals surface area (Å²) in [6.45, 7) is 4.89. The molecule has 6 heteroatoms. The van der Waals surface area contributed by atoms with Gasteiger partial charge in [0.2, 0.25) is 11.8 Å². The van der Waals surface area contributed by atoms with Crippen molar-refractivity contribution < 1.29 is 9.59 Å². The minimum atomic E-state index is -0.0279. The summed E-state index contributed by atoms with van der Waals surface area (Å²) in [5, 5.41) is 9.31. The van der Waals surface area contributed by atoms with E-state index in [1.807, 2.05) is 13.8 Å². The lowest BCUT2D eigenvalue weighted by atomic mass is 9.85. The smallest absolute Gasteiger partial charge is 0.237 e. The number of carbonyl (C=O) groups is 2. The van der Waals surface area contributed by atoms with Gasteiger partial charge in [-0.15, -0.1) is 12.4 Å². The Balaban J connectivity index is 0.00000220. The van der Waals surface area contributed by atoms with Crippen LogP contribution in [0.4, 0.5) is 0 Å². The maximum absolute atomic E-state index is 12.1. The first kappa shape index (κ1) is 18.2. The highest BCUT2D eigenvalue weighted by Crippen LogP contribution is 2.25. The molecule has 1 aliphatic carbocycles. The van der Waals surface area contributed by atoms with Gasteiger partial charge in [-0.1, -0.05) is 6.42 Å². The Morgan fingerprint density at radius 2 is 1.86 bits per heavy atom. The standard InChI is InChI=1S/C15H27N3O2.ClH/c1-10(2)17-14(19)11-5-3-6-12(9-11)18-15(20)13-7-4-8-16-13;/h10-13,16H,3-9H2,1-2H3,(H,17,19)(H,18,20);1H. The van der Waals surface area contributed by atoms with Crippen molar-refractivity contribution >= 4 is 24.2 Å². The largest absolute Gasteiger partial charge is 0.354 e. The number of halogens is 1. The Labute approximate surface area is 133 Å². The van der Waals surface area contributed by atoms with Gasteiger partial charge in [0.1, 0.15) is 0 Å². The molecule has 122 valence electrons. The van der Waals surface area contributed by atoms with Crippen molar-refractivity contribution in [1.82, 2.24) is 16.0 Å². The number of hydrogen-bond acceptors (Lipinski definition) is 3. The molecule has 2 aliphatic rings. The van der Waals surface area contributed by atoms with E-state index in [-0.39, 0.29) is 48.3 Å². The second kappa shape index (κ2) is 8.59. The fourth-order valence-corrected chi connectivity index (χ4v) is 3.17. The molecule has 0 aromatic heterocycles. The van der Waals surface area contributed by atoms with Gasteiger partial charge in [-0.05, 0) is 52.5 Å². The monoisotopic (exact) mass is 317 g/mol. The first-order chi connectivity index (χ1) is 9.56. The van der Waals surface area contributed by atoms with E-state index in [4.69, 9.17) is 0 Å². The fraction of sp³-hybridized carbons (Fsp3) is 0.867. The lowest BCUT2D eigenvalue weighted by Crippen LogP contribution is -2.48. The molecule has 0 aromatic carbocycles. The number of nitrogens with one attached hydrogen (secondary N) is 3. The normalized spacial score (nSPS) is 28.8. The van der Waals surface area contributed by atoms with Crippen LogP contribution >= 0.6 is 12.4 Å². The quantitative estimate of drug-likeness (QED) is 0.733. The topological polar surface area (TPSA) is 70.2 Å².